The van der Waals surface area contributed by atoms with Crippen LogP contribution in [0.4, 0.5) is 4.39 Å². The molecule has 2 aromatic carbocycles. The molecule has 0 amide bonds. The SMILES string of the molecule is Cc1ncc(CCl)n1-c1ccc(Cl)cc1C1(c2ccccc2F)SCCS1. The molecule has 2 nitrogen and oxygen atoms in total. The predicted molar refractivity (Wildman–Crippen MR) is 115 cm³/mol. The van der Waals surface area contributed by atoms with E-state index in [0.717, 1.165) is 34.3 Å². The number of hydrogen-bond acceptors (Lipinski definition) is 3. The smallest absolute Gasteiger partial charge is 0.129 e. The van der Waals surface area contributed by atoms with Gasteiger partial charge in [-0.2, -0.15) is 0 Å². The first-order chi connectivity index (χ1) is 13.1. The molecule has 1 saturated heterocycles. The third kappa shape index (κ3) is 3.29. The summed E-state index contributed by atoms with van der Waals surface area (Å²) in [6, 6.07) is 12.8. The maximum atomic E-state index is 14.9. The standard InChI is InChI=1S/C20H17Cl2FN2S2/c1-13-24-12-15(11-21)25(13)19-7-6-14(22)10-17(19)20(26-8-9-27-20)16-4-2-3-5-18(16)23/h2-7,10,12H,8-9,11H2,1H3. The van der Waals surface area contributed by atoms with Crippen LogP contribution in [-0.4, -0.2) is 21.1 Å². The third-order valence-corrected chi connectivity index (χ3v) is 8.61. The van der Waals surface area contributed by atoms with Gasteiger partial charge in [0.05, 0.1) is 23.5 Å². The van der Waals surface area contributed by atoms with Crippen molar-refractivity contribution in [3.63, 3.8) is 0 Å². The molecule has 4 rings (SSSR count). The van der Waals surface area contributed by atoms with Gasteiger partial charge in [-0.25, -0.2) is 9.37 Å². The van der Waals surface area contributed by atoms with Crippen LogP contribution in [0.5, 0.6) is 0 Å². The van der Waals surface area contributed by atoms with Gasteiger partial charge in [-0.15, -0.1) is 35.1 Å². The van der Waals surface area contributed by atoms with Gasteiger partial charge in [0.15, 0.2) is 0 Å². The number of nitrogens with zero attached hydrogens (tertiary/aromatic N) is 2. The molecule has 1 aromatic heterocycles. The summed E-state index contributed by atoms with van der Waals surface area (Å²) < 4.78 is 16.4. The highest BCUT2D eigenvalue weighted by Crippen LogP contribution is 2.58. The van der Waals surface area contributed by atoms with Gasteiger partial charge in [-0.3, -0.25) is 4.57 Å². The summed E-state index contributed by atoms with van der Waals surface area (Å²) in [4.78, 5) is 4.42. The second kappa shape index (κ2) is 7.70. The van der Waals surface area contributed by atoms with Crippen LogP contribution < -0.4 is 0 Å². The summed E-state index contributed by atoms with van der Waals surface area (Å²) >= 11 is 16.0. The number of imidazole rings is 1. The minimum Gasteiger partial charge on any atom is -0.299 e. The minimum atomic E-state index is -0.564. The number of thioether (sulfide) groups is 2. The Morgan fingerprint density at radius 3 is 2.59 bits per heavy atom. The van der Waals surface area contributed by atoms with Crippen LogP contribution in [0.2, 0.25) is 5.02 Å². The molecule has 1 aliphatic heterocycles. The lowest BCUT2D eigenvalue weighted by Gasteiger charge is -2.31. The van der Waals surface area contributed by atoms with Gasteiger partial charge in [0.1, 0.15) is 15.7 Å². The molecule has 0 unspecified atom stereocenters. The molecule has 3 aromatic rings. The summed E-state index contributed by atoms with van der Waals surface area (Å²) in [5.41, 5.74) is 3.48. The average Bonchev–Trinajstić information content (AvgIpc) is 3.30. The first-order valence-corrected chi connectivity index (χ1v) is 11.4. The van der Waals surface area contributed by atoms with Gasteiger partial charge in [-0.1, -0.05) is 29.8 Å². The topological polar surface area (TPSA) is 17.8 Å². The molecule has 1 aliphatic rings. The zero-order valence-corrected chi connectivity index (χ0v) is 17.7. The number of benzene rings is 2. The number of halogens is 3. The van der Waals surface area contributed by atoms with Gasteiger partial charge < -0.3 is 0 Å². The van der Waals surface area contributed by atoms with Crippen molar-refractivity contribution >= 4 is 46.7 Å². The van der Waals surface area contributed by atoms with Crippen LogP contribution in [0.15, 0.2) is 48.7 Å². The number of alkyl halides is 1. The summed E-state index contributed by atoms with van der Waals surface area (Å²) in [5, 5.41) is 0.628. The van der Waals surface area contributed by atoms with Crippen LogP contribution in [0.3, 0.4) is 0 Å². The molecule has 1 fully saturated rings. The Kier molecular flexibility index (Phi) is 5.48. The Morgan fingerprint density at radius 2 is 1.89 bits per heavy atom. The van der Waals surface area contributed by atoms with Crippen molar-refractivity contribution in [3.05, 3.63) is 82.1 Å². The van der Waals surface area contributed by atoms with Gasteiger partial charge >= 0.3 is 0 Å². The third-order valence-electron chi connectivity index (χ3n) is 4.62. The van der Waals surface area contributed by atoms with E-state index < -0.39 is 4.08 Å². The predicted octanol–water partition coefficient (Wildman–Crippen LogP) is 6.39. The lowest BCUT2D eigenvalue weighted by molar-refractivity contribution is 0.609. The first-order valence-electron chi connectivity index (χ1n) is 8.49. The van der Waals surface area contributed by atoms with Crippen molar-refractivity contribution in [2.45, 2.75) is 16.9 Å². The maximum absolute atomic E-state index is 14.9. The molecule has 140 valence electrons. The number of rotatable bonds is 4. The highest BCUT2D eigenvalue weighted by Gasteiger charge is 2.43. The Morgan fingerprint density at radius 1 is 1.15 bits per heavy atom. The van der Waals surface area contributed by atoms with Crippen molar-refractivity contribution in [2.75, 3.05) is 11.5 Å². The van der Waals surface area contributed by atoms with Crippen LogP contribution >= 0.6 is 46.7 Å². The average molecular weight is 439 g/mol. The van der Waals surface area contributed by atoms with Crippen LogP contribution in [-0.2, 0) is 9.96 Å². The lowest BCUT2D eigenvalue weighted by atomic mass is 10.0. The number of aryl methyl sites for hydroxylation is 1. The first kappa shape index (κ1) is 19.2. The molecular formula is C20H17Cl2FN2S2. The van der Waals surface area contributed by atoms with E-state index in [2.05, 4.69) is 4.98 Å². The zero-order valence-electron chi connectivity index (χ0n) is 14.6. The molecule has 0 aliphatic carbocycles. The van der Waals surface area contributed by atoms with Crippen molar-refractivity contribution in [2.24, 2.45) is 0 Å². The van der Waals surface area contributed by atoms with E-state index in [-0.39, 0.29) is 5.82 Å². The molecule has 0 bridgehead atoms. The monoisotopic (exact) mass is 438 g/mol. The quantitative estimate of drug-likeness (QED) is 0.439. The molecule has 27 heavy (non-hydrogen) atoms. The maximum Gasteiger partial charge on any atom is 0.129 e. The van der Waals surface area contributed by atoms with Gasteiger partial charge in [0, 0.05) is 27.7 Å². The van der Waals surface area contributed by atoms with Crippen molar-refractivity contribution < 1.29 is 4.39 Å². The fourth-order valence-corrected chi connectivity index (χ4v) is 7.19. The second-order valence-corrected chi connectivity index (χ2v) is 9.80. The molecule has 0 spiro atoms. The molecule has 2 heterocycles. The summed E-state index contributed by atoms with van der Waals surface area (Å²) in [6.45, 7) is 1.94. The molecule has 0 N–H and O–H groups in total. The molecule has 0 atom stereocenters. The highest BCUT2D eigenvalue weighted by atomic mass is 35.5. The lowest BCUT2D eigenvalue weighted by Crippen LogP contribution is -2.21. The van der Waals surface area contributed by atoms with E-state index in [1.54, 1.807) is 35.8 Å². The van der Waals surface area contributed by atoms with Crippen molar-refractivity contribution in [1.82, 2.24) is 9.55 Å². The van der Waals surface area contributed by atoms with Gasteiger partial charge in [0.25, 0.3) is 0 Å². The largest absolute Gasteiger partial charge is 0.299 e. The van der Waals surface area contributed by atoms with Crippen LogP contribution in [0, 0.1) is 12.7 Å². The Bertz CT molecular complexity index is 984. The summed E-state index contributed by atoms with van der Waals surface area (Å²) in [7, 11) is 0. The number of hydrogen-bond donors (Lipinski definition) is 0. The fraction of sp³-hybridized carbons (Fsp3) is 0.250. The molecule has 0 saturated carbocycles. The highest BCUT2D eigenvalue weighted by molar-refractivity contribution is 8.20. The van der Waals surface area contributed by atoms with E-state index in [4.69, 9.17) is 23.2 Å². The Hall–Kier alpha value is -1.14. The van der Waals surface area contributed by atoms with E-state index in [1.165, 1.54) is 6.07 Å². The van der Waals surface area contributed by atoms with E-state index >= 15 is 0 Å². The summed E-state index contributed by atoms with van der Waals surface area (Å²) in [5.74, 6) is 2.86. The van der Waals surface area contributed by atoms with Crippen molar-refractivity contribution in [3.8, 4) is 5.69 Å². The second-order valence-electron chi connectivity index (χ2n) is 6.22. The van der Waals surface area contributed by atoms with Crippen LogP contribution in [0.1, 0.15) is 22.6 Å². The molecule has 7 heteroatoms. The molecule has 0 radical (unpaired) electrons. The molecular weight excluding hydrogens is 422 g/mol. The Balaban J connectivity index is 2.01. The number of aromatic nitrogens is 2. The van der Waals surface area contributed by atoms with Crippen molar-refractivity contribution in [1.29, 1.82) is 0 Å². The van der Waals surface area contributed by atoms with Gasteiger partial charge in [0.2, 0.25) is 0 Å². The van der Waals surface area contributed by atoms with E-state index in [0.29, 0.717) is 16.5 Å². The Labute approximate surface area is 176 Å². The van der Waals surface area contributed by atoms with Crippen LogP contribution in [0.25, 0.3) is 5.69 Å². The van der Waals surface area contributed by atoms with E-state index in [9.17, 15) is 4.39 Å². The van der Waals surface area contributed by atoms with E-state index in [1.807, 2.05) is 41.8 Å². The fourth-order valence-electron chi connectivity index (χ4n) is 3.48. The summed E-state index contributed by atoms with van der Waals surface area (Å²) in [6.07, 6.45) is 1.78. The zero-order chi connectivity index (χ0) is 19.0. The normalized spacial score (nSPS) is 16.0. The van der Waals surface area contributed by atoms with Gasteiger partial charge in [-0.05, 0) is 31.2 Å². The minimum absolute atomic E-state index is 0.203.